The Hall–Kier alpha value is -2.53. The van der Waals surface area contributed by atoms with Crippen LogP contribution in [0.15, 0.2) is 72.8 Å². The number of aliphatic hydroxyl groups excluding tert-OH is 1. The second-order valence-corrected chi connectivity index (χ2v) is 8.43. The normalized spacial score (nSPS) is 15.6. The van der Waals surface area contributed by atoms with Crippen LogP contribution in [0, 0.1) is 6.92 Å². The summed E-state index contributed by atoms with van der Waals surface area (Å²) in [5, 5.41) is 11.3. The number of piperazine rings is 1. The van der Waals surface area contributed by atoms with Crippen molar-refractivity contribution >= 4 is 17.3 Å². The highest BCUT2D eigenvalue weighted by molar-refractivity contribution is 6.31. The molecule has 3 aromatic carbocycles. The van der Waals surface area contributed by atoms with E-state index in [-0.39, 0.29) is 6.61 Å². The maximum Gasteiger partial charge on any atom is 0.119 e. The monoisotopic (exact) mass is 436 g/mol. The Balaban J connectivity index is 1.23. The molecule has 0 amide bonds. The number of hydrogen-bond acceptors (Lipinski definition) is 4. The fourth-order valence-electron chi connectivity index (χ4n) is 4.03. The van der Waals surface area contributed by atoms with Crippen LogP contribution in [0.1, 0.15) is 5.56 Å². The summed E-state index contributed by atoms with van der Waals surface area (Å²) in [5.41, 5.74) is 4.67. The maximum atomic E-state index is 10.5. The Bertz CT molecular complexity index is 970. The van der Waals surface area contributed by atoms with Crippen molar-refractivity contribution < 1.29 is 9.84 Å². The highest BCUT2D eigenvalue weighted by Gasteiger charge is 2.21. The minimum absolute atomic E-state index is 0.290. The van der Waals surface area contributed by atoms with E-state index >= 15 is 0 Å². The van der Waals surface area contributed by atoms with E-state index in [9.17, 15) is 5.11 Å². The number of hydrogen-bond donors (Lipinski definition) is 1. The molecular weight excluding hydrogens is 408 g/mol. The van der Waals surface area contributed by atoms with E-state index in [1.54, 1.807) is 0 Å². The van der Waals surface area contributed by atoms with Gasteiger partial charge in [-0.1, -0.05) is 60.1 Å². The van der Waals surface area contributed by atoms with Gasteiger partial charge in [-0.3, -0.25) is 4.90 Å². The van der Waals surface area contributed by atoms with Gasteiger partial charge >= 0.3 is 0 Å². The molecule has 3 aromatic rings. The van der Waals surface area contributed by atoms with Crippen LogP contribution in [-0.2, 0) is 0 Å². The van der Waals surface area contributed by atoms with Crippen molar-refractivity contribution in [2.45, 2.75) is 13.0 Å². The number of ether oxygens (including phenoxy) is 1. The first kappa shape index (κ1) is 21.7. The van der Waals surface area contributed by atoms with Crippen LogP contribution in [0.5, 0.6) is 5.75 Å². The Morgan fingerprint density at radius 2 is 1.55 bits per heavy atom. The Morgan fingerprint density at radius 3 is 2.26 bits per heavy atom. The summed E-state index contributed by atoms with van der Waals surface area (Å²) in [5.74, 6) is 0.778. The summed E-state index contributed by atoms with van der Waals surface area (Å²) >= 11 is 6.27. The zero-order valence-corrected chi connectivity index (χ0v) is 18.6. The van der Waals surface area contributed by atoms with Crippen molar-refractivity contribution in [3.05, 3.63) is 83.4 Å². The molecule has 1 atom stereocenters. The topological polar surface area (TPSA) is 35.9 Å². The summed E-state index contributed by atoms with van der Waals surface area (Å²) in [6.07, 6.45) is -0.520. The molecule has 0 radical (unpaired) electrons. The largest absolute Gasteiger partial charge is 0.491 e. The second-order valence-electron chi connectivity index (χ2n) is 8.03. The quantitative estimate of drug-likeness (QED) is 0.572. The molecule has 4 rings (SSSR count). The predicted octanol–water partition coefficient (Wildman–Crippen LogP) is 4.88. The second kappa shape index (κ2) is 10.2. The zero-order chi connectivity index (χ0) is 21.6. The van der Waals surface area contributed by atoms with Crippen molar-refractivity contribution in [3.8, 4) is 16.9 Å². The lowest BCUT2D eigenvalue weighted by atomic mass is 10.1. The van der Waals surface area contributed by atoms with Crippen molar-refractivity contribution in [1.82, 2.24) is 4.90 Å². The molecule has 0 aromatic heterocycles. The van der Waals surface area contributed by atoms with Crippen LogP contribution < -0.4 is 9.64 Å². The molecule has 162 valence electrons. The van der Waals surface area contributed by atoms with Crippen LogP contribution in [0.25, 0.3) is 11.1 Å². The first-order chi connectivity index (χ1) is 15.1. The molecule has 1 saturated heterocycles. The molecular formula is C26H29ClN2O2. The lowest BCUT2D eigenvalue weighted by Gasteiger charge is -2.37. The lowest BCUT2D eigenvalue weighted by Crippen LogP contribution is -2.49. The molecule has 0 aliphatic carbocycles. The number of halogens is 1. The van der Waals surface area contributed by atoms with Gasteiger partial charge in [0.2, 0.25) is 0 Å². The standard InChI is InChI=1S/C26H29ClN2O2/c1-20-25(27)8-5-9-26(20)29-16-14-28(15-17-29)18-23(30)19-31-24-12-10-22(11-13-24)21-6-3-2-4-7-21/h2-13,23,30H,14-19H2,1H3/t23-/m1/s1. The van der Waals surface area contributed by atoms with E-state index in [1.165, 1.54) is 11.3 Å². The number of β-amino-alcohol motifs (C(OH)–C–C–N with tert-alkyl or cyclic N) is 1. The van der Waals surface area contributed by atoms with Gasteiger partial charge < -0.3 is 14.7 Å². The van der Waals surface area contributed by atoms with Crippen molar-refractivity contribution in [3.63, 3.8) is 0 Å². The van der Waals surface area contributed by atoms with Crippen LogP contribution in [0.3, 0.4) is 0 Å². The van der Waals surface area contributed by atoms with Gasteiger partial charge in [-0.05, 0) is 47.9 Å². The van der Waals surface area contributed by atoms with Crippen molar-refractivity contribution in [2.24, 2.45) is 0 Å². The molecule has 0 unspecified atom stereocenters. The van der Waals surface area contributed by atoms with Gasteiger partial charge in [-0.25, -0.2) is 0 Å². The third-order valence-electron chi connectivity index (χ3n) is 5.82. The van der Waals surface area contributed by atoms with Crippen LogP contribution >= 0.6 is 11.6 Å². The van der Waals surface area contributed by atoms with E-state index in [0.717, 1.165) is 48.1 Å². The summed E-state index contributed by atoms with van der Waals surface area (Å²) in [4.78, 5) is 4.66. The Labute approximate surface area is 189 Å². The van der Waals surface area contributed by atoms with Crippen molar-refractivity contribution in [2.75, 3.05) is 44.2 Å². The molecule has 0 bridgehead atoms. The Kier molecular flexibility index (Phi) is 7.13. The molecule has 31 heavy (non-hydrogen) atoms. The first-order valence-electron chi connectivity index (χ1n) is 10.8. The first-order valence-corrected chi connectivity index (χ1v) is 11.2. The molecule has 1 heterocycles. The van der Waals surface area contributed by atoms with Gasteiger partial charge in [-0.15, -0.1) is 0 Å². The van der Waals surface area contributed by atoms with E-state index in [0.29, 0.717) is 6.54 Å². The highest BCUT2D eigenvalue weighted by atomic mass is 35.5. The molecule has 4 nitrogen and oxygen atoms in total. The number of benzene rings is 3. The highest BCUT2D eigenvalue weighted by Crippen LogP contribution is 2.27. The van der Waals surface area contributed by atoms with Crippen LogP contribution in [-0.4, -0.2) is 55.4 Å². The summed E-state index contributed by atoms with van der Waals surface area (Å²) < 4.78 is 5.82. The third-order valence-corrected chi connectivity index (χ3v) is 6.23. The molecule has 5 heteroatoms. The smallest absolute Gasteiger partial charge is 0.119 e. The van der Waals surface area contributed by atoms with Crippen LogP contribution in [0.4, 0.5) is 5.69 Å². The molecule has 1 fully saturated rings. The minimum atomic E-state index is -0.520. The van der Waals surface area contributed by atoms with Gasteiger partial charge in [0, 0.05) is 43.4 Å². The Morgan fingerprint density at radius 1 is 0.871 bits per heavy atom. The fourth-order valence-corrected chi connectivity index (χ4v) is 4.20. The van der Waals surface area contributed by atoms with Crippen molar-refractivity contribution in [1.29, 1.82) is 0 Å². The summed E-state index contributed by atoms with van der Waals surface area (Å²) in [6.45, 7) is 6.65. The van der Waals surface area contributed by atoms with Gasteiger partial charge in [0.25, 0.3) is 0 Å². The van der Waals surface area contributed by atoms with E-state index in [1.807, 2.05) is 54.6 Å². The number of nitrogens with zero attached hydrogens (tertiary/aromatic N) is 2. The average molecular weight is 437 g/mol. The summed E-state index contributed by atoms with van der Waals surface area (Å²) in [6, 6.07) is 24.3. The fraction of sp³-hybridized carbons (Fsp3) is 0.308. The molecule has 1 aliphatic heterocycles. The van der Waals surface area contributed by atoms with Gasteiger partial charge in [0.1, 0.15) is 18.5 Å². The number of rotatable bonds is 7. The number of anilines is 1. The molecule has 1 N–H and O–H groups in total. The minimum Gasteiger partial charge on any atom is -0.491 e. The van der Waals surface area contributed by atoms with Gasteiger partial charge in [-0.2, -0.15) is 0 Å². The van der Waals surface area contributed by atoms with Gasteiger partial charge in [0.15, 0.2) is 0 Å². The number of aliphatic hydroxyl groups is 1. The molecule has 0 saturated carbocycles. The summed E-state index contributed by atoms with van der Waals surface area (Å²) in [7, 11) is 0. The van der Waals surface area contributed by atoms with E-state index in [4.69, 9.17) is 16.3 Å². The van der Waals surface area contributed by atoms with E-state index in [2.05, 4.69) is 34.9 Å². The van der Waals surface area contributed by atoms with Crippen LogP contribution in [0.2, 0.25) is 5.02 Å². The average Bonchev–Trinajstić information content (AvgIpc) is 2.81. The van der Waals surface area contributed by atoms with E-state index < -0.39 is 6.10 Å². The SMILES string of the molecule is Cc1c(Cl)cccc1N1CCN(C[C@@H](O)COc2ccc(-c3ccccc3)cc2)CC1. The van der Waals surface area contributed by atoms with Gasteiger partial charge in [0.05, 0.1) is 0 Å². The predicted molar refractivity (Wildman–Crippen MR) is 128 cm³/mol. The third kappa shape index (κ3) is 5.59. The maximum absolute atomic E-state index is 10.5. The zero-order valence-electron chi connectivity index (χ0n) is 17.9. The molecule has 0 spiro atoms. The lowest BCUT2D eigenvalue weighted by molar-refractivity contribution is 0.0663. The molecule has 1 aliphatic rings.